The third-order valence-electron chi connectivity index (χ3n) is 11.1. The molecule has 1 aromatic carbocycles. The lowest BCUT2D eigenvalue weighted by Gasteiger charge is -2.54. The normalized spacial score (nSPS) is 21.7. The lowest BCUT2D eigenvalue weighted by molar-refractivity contribution is -0.0117. The van der Waals surface area contributed by atoms with Crippen LogP contribution in [0.5, 0.6) is 6.01 Å². The second-order valence-corrected chi connectivity index (χ2v) is 14.7. The fraction of sp³-hybridized carbons (Fsp3) is 0.514. The number of benzene rings is 1. The van der Waals surface area contributed by atoms with Gasteiger partial charge in [0, 0.05) is 59.2 Å². The van der Waals surface area contributed by atoms with Gasteiger partial charge in [-0.25, -0.2) is 9.18 Å². The molecule has 47 heavy (non-hydrogen) atoms. The number of nitrogens with one attached hydrogen (secondary N) is 1. The zero-order valence-electron chi connectivity index (χ0n) is 26.3. The van der Waals surface area contributed by atoms with E-state index in [-0.39, 0.29) is 40.8 Å². The van der Waals surface area contributed by atoms with Crippen LogP contribution in [0.2, 0.25) is 5.02 Å². The summed E-state index contributed by atoms with van der Waals surface area (Å²) in [7, 11) is 0. The Kier molecular flexibility index (Phi) is 6.85. The Morgan fingerprint density at radius 1 is 1.00 bits per heavy atom. The molecule has 8 heterocycles. The zero-order chi connectivity index (χ0) is 31.8. The fourth-order valence-corrected chi connectivity index (χ4v) is 9.16. The average Bonchev–Trinajstić information content (AvgIpc) is 3.52. The number of anilines is 1. The number of H-pyrrole nitrogens is 1. The Hall–Kier alpha value is -3.99. The van der Waals surface area contributed by atoms with Crippen LogP contribution in [-0.4, -0.2) is 75.5 Å². The minimum Gasteiger partial charge on any atom is -0.462 e. The van der Waals surface area contributed by atoms with Crippen molar-refractivity contribution < 1.29 is 18.7 Å². The highest BCUT2D eigenvalue weighted by atomic mass is 35.5. The average molecular weight is 658 g/mol. The number of pyridine rings is 1. The van der Waals surface area contributed by atoms with Gasteiger partial charge in [-0.2, -0.15) is 15.1 Å². The van der Waals surface area contributed by atoms with Crippen molar-refractivity contribution in [2.24, 2.45) is 10.8 Å². The number of aromatic nitrogens is 5. The predicted octanol–water partition coefficient (Wildman–Crippen LogP) is 7.01. The molecule has 11 rings (SSSR count). The van der Waals surface area contributed by atoms with Gasteiger partial charge in [-0.15, -0.1) is 0 Å². The van der Waals surface area contributed by atoms with Crippen LogP contribution in [0.15, 0.2) is 30.1 Å². The maximum Gasteiger partial charge on any atom is 0.409 e. The van der Waals surface area contributed by atoms with Gasteiger partial charge in [-0.05, 0) is 75.8 Å². The second kappa shape index (κ2) is 11.0. The number of nitrogens with zero attached hydrogens (tertiary/aromatic N) is 6. The van der Waals surface area contributed by atoms with Gasteiger partial charge in [0.1, 0.15) is 23.6 Å². The highest BCUT2D eigenvalue weighted by Gasteiger charge is 2.48. The van der Waals surface area contributed by atoms with Crippen LogP contribution in [0.4, 0.5) is 15.0 Å². The number of halogens is 2. The number of hydrogen-bond donors (Lipinski definition) is 1. The third-order valence-corrected chi connectivity index (χ3v) is 11.4. The number of aromatic amines is 1. The maximum absolute atomic E-state index is 17.1. The van der Waals surface area contributed by atoms with Gasteiger partial charge in [0.05, 0.1) is 23.7 Å². The number of hydrogen-bond acceptors (Lipinski definition) is 8. The van der Waals surface area contributed by atoms with Crippen molar-refractivity contribution in [1.82, 2.24) is 30.0 Å². The molecule has 0 saturated carbocycles. The van der Waals surface area contributed by atoms with Crippen molar-refractivity contribution in [2.75, 3.05) is 44.3 Å². The van der Waals surface area contributed by atoms with Crippen molar-refractivity contribution in [3.8, 4) is 17.3 Å². The summed E-state index contributed by atoms with van der Waals surface area (Å²) in [6.45, 7) is 3.39. The summed E-state index contributed by atoms with van der Waals surface area (Å²) in [4.78, 5) is 31.4. The van der Waals surface area contributed by atoms with E-state index in [4.69, 9.17) is 36.0 Å². The molecule has 7 aliphatic rings. The van der Waals surface area contributed by atoms with Crippen LogP contribution in [0.1, 0.15) is 63.4 Å². The molecule has 2 aliphatic carbocycles. The molecule has 244 valence electrons. The summed E-state index contributed by atoms with van der Waals surface area (Å²) < 4.78 is 29.3. The lowest BCUT2D eigenvalue weighted by atomic mass is 9.69. The van der Waals surface area contributed by atoms with Crippen LogP contribution in [0, 0.1) is 16.6 Å². The Bertz CT molecular complexity index is 1940. The number of amides is 1. The van der Waals surface area contributed by atoms with Crippen molar-refractivity contribution in [3.05, 3.63) is 46.5 Å². The zero-order valence-corrected chi connectivity index (χ0v) is 27.0. The number of piperidine rings is 1. The Labute approximate surface area is 276 Å². The van der Waals surface area contributed by atoms with Crippen LogP contribution < -0.4 is 9.64 Å². The van der Waals surface area contributed by atoms with E-state index < -0.39 is 5.82 Å². The molecule has 9 bridgehead atoms. The topological polar surface area (TPSA) is 109 Å². The first-order valence-corrected chi connectivity index (χ1v) is 17.3. The number of allylic oxidation sites excluding steroid dienone is 1. The van der Waals surface area contributed by atoms with Gasteiger partial charge in [0.2, 0.25) is 0 Å². The van der Waals surface area contributed by atoms with E-state index in [1.54, 1.807) is 23.4 Å². The van der Waals surface area contributed by atoms with Crippen molar-refractivity contribution in [3.63, 3.8) is 0 Å². The van der Waals surface area contributed by atoms with Gasteiger partial charge in [0.15, 0.2) is 5.82 Å². The molecule has 10 nitrogen and oxygen atoms in total. The van der Waals surface area contributed by atoms with E-state index in [1.165, 1.54) is 18.4 Å². The monoisotopic (exact) mass is 657 g/mol. The van der Waals surface area contributed by atoms with E-state index in [0.717, 1.165) is 50.6 Å². The Morgan fingerprint density at radius 3 is 2.68 bits per heavy atom. The number of fused-ring (bicyclic) bond motifs is 2. The molecular formula is C35H37ClFN7O3. The van der Waals surface area contributed by atoms with Crippen LogP contribution in [0.25, 0.3) is 33.1 Å². The number of rotatable bonds is 3. The summed E-state index contributed by atoms with van der Waals surface area (Å²) >= 11 is 6.83. The molecule has 2 fully saturated rings. The quantitative estimate of drug-likeness (QED) is 0.235. The maximum atomic E-state index is 17.1. The Morgan fingerprint density at radius 2 is 1.83 bits per heavy atom. The molecular weight excluding hydrogens is 621 g/mol. The summed E-state index contributed by atoms with van der Waals surface area (Å²) in [5.41, 5.74) is 3.70. The molecule has 0 unspecified atom stereocenters. The van der Waals surface area contributed by atoms with Crippen LogP contribution in [0.3, 0.4) is 0 Å². The predicted molar refractivity (Wildman–Crippen MR) is 176 cm³/mol. The van der Waals surface area contributed by atoms with E-state index in [1.807, 2.05) is 0 Å². The SMILES string of the molecule is O=C1OCCCc2c(Cl)cc3[nH]ncc3c2-c2ncc3c(nc(OCC45C=C(CCC4)CCC5)nc3c2F)N2CCCC3(CN1C3)C2. The van der Waals surface area contributed by atoms with E-state index in [9.17, 15) is 4.79 Å². The molecule has 1 spiro atoms. The van der Waals surface area contributed by atoms with Gasteiger partial charge < -0.3 is 19.3 Å². The summed E-state index contributed by atoms with van der Waals surface area (Å²) in [6, 6.07) is 1.98. The molecule has 1 amide bonds. The first kappa shape index (κ1) is 29.2. The van der Waals surface area contributed by atoms with Gasteiger partial charge in [0.25, 0.3) is 0 Å². The van der Waals surface area contributed by atoms with Crippen LogP contribution in [-0.2, 0) is 11.2 Å². The molecule has 3 aromatic heterocycles. The first-order valence-electron chi connectivity index (χ1n) is 16.9. The van der Waals surface area contributed by atoms with Gasteiger partial charge >= 0.3 is 12.1 Å². The van der Waals surface area contributed by atoms with Crippen molar-refractivity contribution >= 4 is 45.3 Å². The number of carbonyl (C=O) groups is 1. The second-order valence-electron chi connectivity index (χ2n) is 14.3. The van der Waals surface area contributed by atoms with Gasteiger partial charge in [-0.3, -0.25) is 10.1 Å². The van der Waals surface area contributed by atoms with Crippen molar-refractivity contribution in [2.45, 2.75) is 64.2 Å². The Balaban J connectivity index is 1.20. The fourth-order valence-electron chi connectivity index (χ4n) is 8.86. The molecule has 2 saturated heterocycles. The van der Waals surface area contributed by atoms with Crippen LogP contribution >= 0.6 is 11.6 Å². The minimum absolute atomic E-state index is 0.0275. The number of carbonyl (C=O) groups excluding carboxylic acids is 1. The highest BCUT2D eigenvalue weighted by Crippen LogP contribution is 2.46. The van der Waals surface area contributed by atoms with E-state index in [0.29, 0.717) is 71.8 Å². The third kappa shape index (κ3) is 4.91. The van der Waals surface area contributed by atoms with E-state index >= 15 is 4.39 Å². The number of ether oxygens (including phenoxy) is 2. The largest absolute Gasteiger partial charge is 0.462 e. The van der Waals surface area contributed by atoms with E-state index in [2.05, 4.69) is 21.2 Å². The molecule has 0 radical (unpaired) electrons. The first-order chi connectivity index (χ1) is 22.9. The lowest BCUT2D eigenvalue weighted by Crippen LogP contribution is -2.64. The van der Waals surface area contributed by atoms with Gasteiger partial charge in [-0.1, -0.05) is 23.3 Å². The molecule has 5 aliphatic heterocycles. The minimum atomic E-state index is -0.546. The highest BCUT2D eigenvalue weighted by molar-refractivity contribution is 6.33. The molecule has 1 N–H and O–H groups in total. The molecule has 12 heteroatoms. The standard InChI is InChI=1S/C35H37ClFN7O3/c36-25-13-26-23(16-39-42-26)27-22(25)7-3-12-46-33(45)44-18-35(19-44)10-4-11-43(17-35)31-24-15-38-30(27)28(37)29(24)40-32(41-31)47-20-34-8-1-5-21(14-34)6-2-9-34/h13-16H,1-12,17-20H2,(H,39,42). The smallest absolute Gasteiger partial charge is 0.409 e. The molecule has 0 atom stereocenters. The van der Waals surface area contributed by atoms with Crippen molar-refractivity contribution in [1.29, 1.82) is 0 Å². The summed E-state index contributed by atoms with van der Waals surface area (Å²) in [5, 5.41) is 8.90. The molecule has 4 aromatic rings. The summed E-state index contributed by atoms with van der Waals surface area (Å²) in [6.07, 6.45) is 15.2. The summed E-state index contributed by atoms with van der Waals surface area (Å²) in [5.74, 6) is 0.0724.